The lowest BCUT2D eigenvalue weighted by Gasteiger charge is -2.07. The van der Waals surface area contributed by atoms with Gasteiger partial charge in [-0.25, -0.2) is 4.98 Å². The third-order valence-electron chi connectivity index (χ3n) is 3.47. The molecule has 5 nitrogen and oxygen atoms in total. The van der Waals surface area contributed by atoms with Crippen molar-refractivity contribution in [2.75, 3.05) is 11.9 Å². The Bertz CT molecular complexity index is 841. The normalized spacial score (nSPS) is 11.0. The number of hydrogen-bond donors (Lipinski definition) is 3. The summed E-state index contributed by atoms with van der Waals surface area (Å²) in [6, 6.07) is 10.7. The molecule has 3 rings (SSSR count). The molecule has 0 aliphatic heterocycles. The van der Waals surface area contributed by atoms with Crippen molar-refractivity contribution in [2.24, 2.45) is 0 Å². The average Bonchev–Trinajstić information content (AvgIpc) is 2.83. The molecule has 0 fully saturated rings. The van der Waals surface area contributed by atoms with Crippen LogP contribution in [0.25, 0.3) is 5.65 Å². The van der Waals surface area contributed by atoms with Crippen molar-refractivity contribution in [1.29, 1.82) is 0 Å². The molecule has 23 heavy (non-hydrogen) atoms. The molecule has 0 saturated heterocycles. The number of rotatable bonds is 5. The lowest BCUT2D eigenvalue weighted by Crippen LogP contribution is -2.29. The Balaban J connectivity index is 1.69. The van der Waals surface area contributed by atoms with E-state index in [-0.39, 0.29) is 0 Å². The SMILES string of the molecule is OB(O)c1cccc(NCCc2nc3cc(Cl)ccn3c2I)c1. The first-order valence-electron chi connectivity index (χ1n) is 7.06. The van der Waals surface area contributed by atoms with Gasteiger partial charge in [0.1, 0.15) is 9.35 Å². The number of nitrogens with one attached hydrogen (secondary N) is 1. The van der Waals surface area contributed by atoms with Gasteiger partial charge in [0.05, 0.1) is 5.69 Å². The van der Waals surface area contributed by atoms with E-state index in [1.807, 2.05) is 28.8 Å². The van der Waals surface area contributed by atoms with Crippen molar-refractivity contribution in [3.63, 3.8) is 0 Å². The van der Waals surface area contributed by atoms with Crippen LogP contribution in [0.15, 0.2) is 42.6 Å². The van der Waals surface area contributed by atoms with E-state index < -0.39 is 7.12 Å². The molecular formula is C15H14BClIN3O2. The predicted octanol–water partition coefficient (Wildman–Crippen LogP) is 1.93. The number of hydrogen-bond acceptors (Lipinski definition) is 4. The number of fused-ring (bicyclic) bond motifs is 1. The fraction of sp³-hybridized carbons (Fsp3) is 0.133. The van der Waals surface area contributed by atoms with Crippen molar-refractivity contribution >= 4 is 58.1 Å². The Labute approximate surface area is 152 Å². The molecule has 2 heterocycles. The molecule has 8 heteroatoms. The first-order valence-corrected chi connectivity index (χ1v) is 8.52. The van der Waals surface area contributed by atoms with E-state index in [4.69, 9.17) is 11.6 Å². The van der Waals surface area contributed by atoms with Crippen LogP contribution in [0.4, 0.5) is 5.69 Å². The molecule has 2 aromatic heterocycles. The van der Waals surface area contributed by atoms with Crippen LogP contribution in [0.5, 0.6) is 0 Å². The second-order valence-corrected chi connectivity index (χ2v) is 6.56. The Kier molecular flexibility index (Phi) is 5.10. The molecule has 0 saturated carbocycles. The van der Waals surface area contributed by atoms with Crippen LogP contribution in [0, 0.1) is 3.70 Å². The van der Waals surface area contributed by atoms with Gasteiger partial charge in [-0.1, -0.05) is 23.7 Å². The van der Waals surface area contributed by atoms with Crippen LogP contribution >= 0.6 is 34.2 Å². The first-order chi connectivity index (χ1) is 11.0. The highest BCUT2D eigenvalue weighted by Crippen LogP contribution is 2.19. The quantitative estimate of drug-likeness (QED) is 0.418. The largest absolute Gasteiger partial charge is 0.488 e. The van der Waals surface area contributed by atoms with Crippen molar-refractivity contribution in [3.05, 3.63) is 57.0 Å². The summed E-state index contributed by atoms with van der Waals surface area (Å²) in [4.78, 5) is 4.60. The highest BCUT2D eigenvalue weighted by Gasteiger charge is 2.12. The Morgan fingerprint density at radius 1 is 1.26 bits per heavy atom. The van der Waals surface area contributed by atoms with Crippen LogP contribution in [0.1, 0.15) is 5.69 Å². The summed E-state index contributed by atoms with van der Waals surface area (Å²) in [5.41, 5.74) is 3.14. The fourth-order valence-electron chi connectivity index (χ4n) is 2.33. The van der Waals surface area contributed by atoms with Gasteiger partial charge in [0, 0.05) is 35.9 Å². The minimum Gasteiger partial charge on any atom is -0.423 e. The van der Waals surface area contributed by atoms with Gasteiger partial charge in [-0.3, -0.25) is 4.40 Å². The molecule has 0 aliphatic rings. The van der Waals surface area contributed by atoms with Gasteiger partial charge in [-0.2, -0.15) is 0 Å². The zero-order valence-corrected chi connectivity index (χ0v) is 15.0. The lowest BCUT2D eigenvalue weighted by molar-refractivity contribution is 0.426. The third-order valence-corrected chi connectivity index (χ3v) is 4.85. The third kappa shape index (κ3) is 3.80. The Hall–Kier alpha value is -1.29. The first kappa shape index (κ1) is 16.6. The van der Waals surface area contributed by atoms with Crippen molar-refractivity contribution in [1.82, 2.24) is 9.38 Å². The van der Waals surface area contributed by atoms with Gasteiger partial charge >= 0.3 is 7.12 Å². The summed E-state index contributed by atoms with van der Waals surface area (Å²) in [7, 11) is -1.46. The van der Waals surface area contributed by atoms with E-state index in [1.165, 1.54) is 0 Å². The van der Waals surface area contributed by atoms with E-state index >= 15 is 0 Å². The molecule has 0 radical (unpaired) electrons. The van der Waals surface area contributed by atoms with Crippen LogP contribution in [0.3, 0.4) is 0 Å². The summed E-state index contributed by atoms with van der Waals surface area (Å²) < 4.78 is 3.07. The van der Waals surface area contributed by atoms with Gasteiger partial charge in [0.2, 0.25) is 0 Å². The zero-order chi connectivity index (χ0) is 16.4. The average molecular weight is 441 g/mol. The molecule has 0 amide bonds. The van der Waals surface area contributed by atoms with Gasteiger partial charge < -0.3 is 15.4 Å². The monoisotopic (exact) mass is 441 g/mol. The molecule has 0 spiro atoms. The molecular weight excluding hydrogens is 427 g/mol. The molecule has 0 bridgehead atoms. The molecule has 3 N–H and O–H groups in total. The predicted molar refractivity (Wildman–Crippen MR) is 101 cm³/mol. The van der Waals surface area contributed by atoms with E-state index in [0.717, 1.165) is 27.1 Å². The van der Waals surface area contributed by atoms with Crippen molar-refractivity contribution in [3.8, 4) is 0 Å². The summed E-state index contributed by atoms with van der Waals surface area (Å²) >= 11 is 8.27. The van der Waals surface area contributed by atoms with Gasteiger partial charge in [0.15, 0.2) is 0 Å². The fourth-order valence-corrected chi connectivity index (χ4v) is 3.28. The summed E-state index contributed by atoms with van der Waals surface area (Å²) in [5, 5.41) is 22.3. The topological polar surface area (TPSA) is 69.8 Å². The molecule has 0 aliphatic carbocycles. The van der Waals surface area contributed by atoms with Crippen molar-refractivity contribution < 1.29 is 10.0 Å². The molecule has 1 aromatic carbocycles. The highest BCUT2D eigenvalue weighted by atomic mass is 127. The lowest BCUT2D eigenvalue weighted by atomic mass is 9.80. The minimum absolute atomic E-state index is 0.465. The van der Waals surface area contributed by atoms with E-state index in [2.05, 4.69) is 32.9 Å². The maximum Gasteiger partial charge on any atom is 0.488 e. The van der Waals surface area contributed by atoms with E-state index in [1.54, 1.807) is 18.2 Å². The Morgan fingerprint density at radius 2 is 2.09 bits per heavy atom. The molecule has 0 unspecified atom stereocenters. The maximum atomic E-state index is 9.19. The summed E-state index contributed by atoms with van der Waals surface area (Å²) in [6.45, 7) is 0.693. The maximum absolute atomic E-state index is 9.19. The Morgan fingerprint density at radius 3 is 2.87 bits per heavy atom. The molecule has 118 valence electrons. The molecule has 0 atom stereocenters. The second-order valence-electron chi connectivity index (χ2n) is 5.10. The van der Waals surface area contributed by atoms with E-state index in [0.29, 0.717) is 17.0 Å². The van der Waals surface area contributed by atoms with Crippen LogP contribution in [-0.2, 0) is 6.42 Å². The summed E-state index contributed by atoms with van der Waals surface area (Å²) in [5.74, 6) is 0. The van der Waals surface area contributed by atoms with E-state index in [9.17, 15) is 10.0 Å². The number of nitrogens with zero attached hydrogens (tertiary/aromatic N) is 2. The number of halogens is 2. The van der Waals surface area contributed by atoms with Crippen LogP contribution < -0.4 is 10.8 Å². The zero-order valence-electron chi connectivity index (χ0n) is 12.1. The summed E-state index contributed by atoms with van der Waals surface area (Å²) in [6.07, 6.45) is 2.67. The number of imidazole rings is 1. The highest BCUT2D eigenvalue weighted by molar-refractivity contribution is 14.1. The molecule has 3 aromatic rings. The number of aromatic nitrogens is 2. The van der Waals surface area contributed by atoms with Gasteiger partial charge in [0.25, 0.3) is 0 Å². The van der Waals surface area contributed by atoms with Crippen molar-refractivity contribution in [2.45, 2.75) is 6.42 Å². The number of benzene rings is 1. The number of anilines is 1. The van der Waals surface area contributed by atoms with Crippen LogP contribution in [0.2, 0.25) is 5.02 Å². The smallest absolute Gasteiger partial charge is 0.423 e. The minimum atomic E-state index is -1.46. The standard InChI is InChI=1S/C15H14BClIN3O2/c17-11-5-7-21-14(9-11)20-13(15(21)18)4-6-19-12-3-1-2-10(8-12)16(22)23/h1-3,5,7-9,19,22-23H,4,6H2. The second kappa shape index (κ2) is 7.08. The van der Waals surface area contributed by atoms with Gasteiger partial charge in [-0.15, -0.1) is 0 Å². The van der Waals surface area contributed by atoms with Gasteiger partial charge in [-0.05, 0) is 46.3 Å². The number of pyridine rings is 1. The van der Waals surface area contributed by atoms with Crippen LogP contribution in [-0.4, -0.2) is 33.1 Å².